The number of rotatable bonds is 6. The zero-order valence-electron chi connectivity index (χ0n) is 9.77. The average Bonchev–Trinajstić information content (AvgIpc) is 2.59. The van der Waals surface area contributed by atoms with Gasteiger partial charge in [0.25, 0.3) is 0 Å². The zero-order valence-corrected chi connectivity index (χ0v) is 11.4. The molecule has 1 saturated heterocycles. The summed E-state index contributed by atoms with van der Waals surface area (Å²) < 4.78 is 0.582. The Kier molecular flexibility index (Phi) is 5.64. The third kappa shape index (κ3) is 3.81. The van der Waals surface area contributed by atoms with Crippen molar-refractivity contribution in [1.82, 2.24) is 10.2 Å². The van der Waals surface area contributed by atoms with Gasteiger partial charge in [-0.2, -0.15) is 0 Å². The summed E-state index contributed by atoms with van der Waals surface area (Å²) in [5.74, 6) is -0.0653. The van der Waals surface area contributed by atoms with E-state index in [9.17, 15) is 9.59 Å². The fraction of sp³-hybridized carbons (Fsp3) is 0.545. The second-order valence-electron chi connectivity index (χ2n) is 3.61. The molecule has 0 aromatic carbocycles. The standard InChI is InChI=1S/C11H16N2O2S2/c1-3-6-12-9(14)5-7-13-10(15)8(4-2)17-11(13)16/h3,8H,1,4-7H2,2H3,(H,12,14). The molecular formula is C11H16N2O2S2. The first-order valence-electron chi connectivity index (χ1n) is 5.49. The molecule has 0 radical (unpaired) electrons. The minimum absolute atomic E-state index is 0.0269. The quantitative estimate of drug-likeness (QED) is 0.585. The average molecular weight is 272 g/mol. The smallest absolute Gasteiger partial charge is 0.241 e. The van der Waals surface area contributed by atoms with Crippen molar-refractivity contribution >= 4 is 40.1 Å². The van der Waals surface area contributed by atoms with Gasteiger partial charge in [0.05, 0.1) is 5.25 Å². The Morgan fingerprint density at radius 3 is 2.94 bits per heavy atom. The van der Waals surface area contributed by atoms with Gasteiger partial charge in [-0.25, -0.2) is 0 Å². The molecule has 4 nitrogen and oxygen atoms in total. The summed E-state index contributed by atoms with van der Waals surface area (Å²) in [5.41, 5.74) is 0. The molecule has 0 spiro atoms. The highest BCUT2D eigenvalue weighted by molar-refractivity contribution is 8.24. The molecule has 94 valence electrons. The van der Waals surface area contributed by atoms with Gasteiger partial charge in [-0.05, 0) is 6.42 Å². The van der Waals surface area contributed by atoms with E-state index < -0.39 is 0 Å². The Balaban J connectivity index is 2.41. The lowest BCUT2D eigenvalue weighted by Crippen LogP contribution is -2.35. The lowest BCUT2D eigenvalue weighted by molar-refractivity contribution is -0.126. The first-order valence-corrected chi connectivity index (χ1v) is 6.78. The van der Waals surface area contributed by atoms with Crippen LogP contribution in [0.25, 0.3) is 0 Å². The molecule has 0 saturated carbocycles. The maximum Gasteiger partial charge on any atom is 0.241 e. The van der Waals surface area contributed by atoms with Crippen molar-refractivity contribution in [1.29, 1.82) is 0 Å². The highest BCUT2D eigenvalue weighted by Crippen LogP contribution is 2.29. The number of hydrogen-bond donors (Lipinski definition) is 1. The molecular weight excluding hydrogens is 256 g/mol. The molecule has 1 rings (SSSR count). The molecule has 1 atom stereocenters. The van der Waals surface area contributed by atoms with Crippen molar-refractivity contribution < 1.29 is 9.59 Å². The largest absolute Gasteiger partial charge is 0.353 e. The topological polar surface area (TPSA) is 49.4 Å². The van der Waals surface area contributed by atoms with E-state index in [4.69, 9.17) is 12.2 Å². The van der Waals surface area contributed by atoms with Crippen LogP contribution in [0.15, 0.2) is 12.7 Å². The van der Waals surface area contributed by atoms with Gasteiger partial charge in [0.2, 0.25) is 11.8 Å². The number of thiocarbonyl (C=S) groups is 1. The van der Waals surface area contributed by atoms with Crippen LogP contribution >= 0.6 is 24.0 Å². The van der Waals surface area contributed by atoms with Crippen molar-refractivity contribution in [3.63, 3.8) is 0 Å². The summed E-state index contributed by atoms with van der Waals surface area (Å²) in [4.78, 5) is 24.7. The van der Waals surface area contributed by atoms with Gasteiger partial charge in [-0.3, -0.25) is 14.5 Å². The summed E-state index contributed by atoms with van der Waals surface area (Å²) in [7, 11) is 0. The number of amides is 2. The van der Waals surface area contributed by atoms with Crippen molar-refractivity contribution in [2.45, 2.75) is 25.0 Å². The Bertz CT molecular complexity index is 344. The summed E-state index contributed by atoms with van der Waals surface area (Å²) in [6.45, 7) is 6.28. The molecule has 1 aliphatic rings. The van der Waals surface area contributed by atoms with Gasteiger partial charge < -0.3 is 5.32 Å². The number of thioether (sulfide) groups is 1. The number of nitrogens with zero attached hydrogens (tertiary/aromatic N) is 1. The fourth-order valence-electron chi connectivity index (χ4n) is 1.45. The molecule has 1 aliphatic heterocycles. The van der Waals surface area contributed by atoms with E-state index in [2.05, 4.69) is 11.9 Å². The predicted molar refractivity (Wildman–Crippen MR) is 73.8 cm³/mol. The van der Waals surface area contributed by atoms with Gasteiger partial charge in [-0.15, -0.1) is 6.58 Å². The molecule has 0 bridgehead atoms. The molecule has 0 aromatic heterocycles. The van der Waals surface area contributed by atoms with Gasteiger partial charge >= 0.3 is 0 Å². The predicted octanol–water partition coefficient (Wildman–Crippen LogP) is 1.32. The van der Waals surface area contributed by atoms with Crippen molar-refractivity contribution in [3.8, 4) is 0 Å². The normalized spacial score (nSPS) is 19.6. The zero-order chi connectivity index (χ0) is 12.8. The first kappa shape index (κ1) is 14.2. The van der Waals surface area contributed by atoms with E-state index in [1.807, 2.05) is 6.92 Å². The Labute approximate surface area is 111 Å². The molecule has 1 unspecified atom stereocenters. The second-order valence-corrected chi connectivity index (χ2v) is 5.45. The van der Waals surface area contributed by atoms with Crippen LogP contribution in [0.4, 0.5) is 0 Å². The van der Waals surface area contributed by atoms with Crippen molar-refractivity contribution in [3.05, 3.63) is 12.7 Å². The van der Waals surface area contributed by atoms with Crippen LogP contribution < -0.4 is 5.32 Å². The third-order valence-electron chi connectivity index (χ3n) is 2.38. The Morgan fingerprint density at radius 1 is 1.71 bits per heavy atom. The van der Waals surface area contributed by atoms with E-state index in [-0.39, 0.29) is 23.5 Å². The maximum atomic E-state index is 11.8. The summed E-state index contributed by atoms with van der Waals surface area (Å²) in [5, 5.41) is 2.60. The van der Waals surface area contributed by atoms with E-state index in [0.717, 1.165) is 6.42 Å². The van der Waals surface area contributed by atoms with Crippen LogP contribution in [0.5, 0.6) is 0 Å². The maximum absolute atomic E-state index is 11.8. The monoisotopic (exact) mass is 272 g/mol. The second kappa shape index (κ2) is 6.76. The van der Waals surface area contributed by atoms with Gasteiger partial charge in [0.15, 0.2) is 0 Å². The molecule has 6 heteroatoms. The number of carbonyl (C=O) groups is 2. The number of nitrogens with one attached hydrogen (secondary N) is 1. The van der Waals surface area contributed by atoms with E-state index in [1.165, 1.54) is 16.7 Å². The minimum Gasteiger partial charge on any atom is -0.353 e. The number of carbonyl (C=O) groups excluding carboxylic acids is 2. The van der Waals surface area contributed by atoms with Crippen molar-refractivity contribution in [2.24, 2.45) is 0 Å². The minimum atomic E-state index is -0.0922. The van der Waals surface area contributed by atoms with Crippen LogP contribution in [-0.4, -0.2) is 39.4 Å². The van der Waals surface area contributed by atoms with Gasteiger partial charge in [0, 0.05) is 19.5 Å². The van der Waals surface area contributed by atoms with Crippen LogP contribution in [0.3, 0.4) is 0 Å². The molecule has 1 N–H and O–H groups in total. The molecule has 0 aliphatic carbocycles. The third-order valence-corrected chi connectivity index (χ3v) is 4.13. The molecule has 1 fully saturated rings. The lowest BCUT2D eigenvalue weighted by atomic mass is 10.3. The summed E-state index contributed by atoms with van der Waals surface area (Å²) in [6, 6.07) is 0. The van der Waals surface area contributed by atoms with Gasteiger partial charge in [0.1, 0.15) is 4.32 Å². The highest BCUT2D eigenvalue weighted by Gasteiger charge is 2.35. The summed E-state index contributed by atoms with van der Waals surface area (Å²) in [6.07, 6.45) is 2.66. The fourth-order valence-corrected chi connectivity index (χ4v) is 2.92. The Morgan fingerprint density at radius 2 is 2.41 bits per heavy atom. The molecule has 0 aromatic rings. The molecule has 17 heavy (non-hydrogen) atoms. The van der Waals surface area contributed by atoms with E-state index >= 15 is 0 Å². The van der Waals surface area contributed by atoms with E-state index in [0.29, 0.717) is 17.4 Å². The SMILES string of the molecule is C=CCNC(=O)CCN1C(=O)C(CC)SC1=S. The first-order chi connectivity index (χ1) is 8.10. The van der Waals surface area contributed by atoms with Crippen LogP contribution in [0, 0.1) is 0 Å². The van der Waals surface area contributed by atoms with Crippen LogP contribution in [0.2, 0.25) is 0 Å². The highest BCUT2D eigenvalue weighted by atomic mass is 32.2. The van der Waals surface area contributed by atoms with Crippen molar-refractivity contribution in [2.75, 3.05) is 13.1 Å². The number of hydrogen-bond acceptors (Lipinski definition) is 4. The molecule has 2 amide bonds. The summed E-state index contributed by atoms with van der Waals surface area (Å²) >= 11 is 6.53. The van der Waals surface area contributed by atoms with E-state index in [1.54, 1.807) is 6.08 Å². The Hall–Kier alpha value is -0.880. The molecule has 1 heterocycles. The van der Waals surface area contributed by atoms with Crippen LogP contribution in [-0.2, 0) is 9.59 Å². The van der Waals surface area contributed by atoms with Crippen LogP contribution in [0.1, 0.15) is 19.8 Å². The van der Waals surface area contributed by atoms with Gasteiger partial charge in [-0.1, -0.05) is 37.0 Å². The lowest BCUT2D eigenvalue weighted by Gasteiger charge is -2.14.